The lowest BCUT2D eigenvalue weighted by atomic mass is 9.96. The highest BCUT2D eigenvalue weighted by atomic mass is 16.5. The second-order valence-electron chi connectivity index (χ2n) is 4.45. The maximum absolute atomic E-state index is 11.4. The summed E-state index contributed by atoms with van der Waals surface area (Å²) in [7, 11) is 0. The van der Waals surface area contributed by atoms with E-state index in [-0.39, 0.29) is 5.97 Å². The Hall–Kier alpha value is -2.09. The van der Waals surface area contributed by atoms with Gasteiger partial charge >= 0.3 is 5.97 Å². The third-order valence-corrected chi connectivity index (χ3v) is 2.69. The van der Waals surface area contributed by atoms with Crippen LogP contribution in [-0.4, -0.2) is 12.6 Å². The molecule has 0 saturated carbocycles. The van der Waals surface area contributed by atoms with Crippen LogP contribution < -0.4 is 0 Å². The van der Waals surface area contributed by atoms with Crippen molar-refractivity contribution in [3.8, 4) is 0 Å². The maximum Gasteiger partial charge on any atom is 0.330 e. The predicted octanol–water partition coefficient (Wildman–Crippen LogP) is 4.33. The molecule has 1 aromatic carbocycles. The second kappa shape index (κ2) is 6.74. The largest absolute Gasteiger partial charge is 0.463 e. The van der Waals surface area contributed by atoms with Gasteiger partial charge in [-0.05, 0) is 49.6 Å². The summed E-state index contributed by atoms with van der Waals surface area (Å²) in [6.45, 7) is 13.9. The van der Waals surface area contributed by atoms with Crippen molar-refractivity contribution in [1.82, 2.24) is 0 Å². The lowest BCUT2D eigenvalue weighted by Gasteiger charge is -2.09. The van der Waals surface area contributed by atoms with Crippen LogP contribution in [-0.2, 0) is 9.53 Å². The van der Waals surface area contributed by atoms with Gasteiger partial charge in [0.2, 0.25) is 0 Å². The van der Waals surface area contributed by atoms with Gasteiger partial charge in [-0.2, -0.15) is 0 Å². The molecule has 0 radical (unpaired) electrons. The van der Waals surface area contributed by atoms with E-state index in [0.717, 1.165) is 27.8 Å². The van der Waals surface area contributed by atoms with Crippen LogP contribution in [0.4, 0.5) is 0 Å². The predicted molar refractivity (Wildman–Crippen MR) is 81.5 cm³/mol. The van der Waals surface area contributed by atoms with Crippen LogP contribution in [0.1, 0.15) is 37.5 Å². The van der Waals surface area contributed by atoms with E-state index >= 15 is 0 Å². The molecular weight excluding hydrogens is 236 g/mol. The normalized spacial score (nSPS) is 10.5. The molecule has 0 heterocycles. The average Bonchev–Trinajstić information content (AvgIpc) is 2.36. The monoisotopic (exact) mass is 256 g/mol. The van der Waals surface area contributed by atoms with Crippen molar-refractivity contribution in [3.05, 3.63) is 54.1 Å². The zero-order chi connectivity index (χ0) is 14.4. The van der Waals surface area contributed by atoms with E-state index < -0.39 is 0 Å². The van der Waals surface area contributed by atoms with Crippen molar-refractivity contribution >= 4 is 23.2 Å². The Morgan fingerprint density at radius 3 is 2.47 bits per heavy atom. The standard InChI is InChI=1S/C17H20O2/c1-6-19-17(18)10-8-15-11-14(12(2)3)7-9-16(15)13(4)5/h7-11H,2,4,6H2,1,3,5H3/b10-8+. The molecule has 0 aliphatic rings. The van der Waals surface area contributed by atoms with Gasteiger partial charge < -0.3 is 4.74 Å². The average molecular weight is 256 g/mol. The van der Waals surface area contributed by atoms with Crippen molar-refractivity contribution in [2.45, 2.75) is 20.8 Å². The number of rotatable bonds is 5. The molecule has 100 valence electrons. The fraction of sp³-hybridized carbons (Fsp3) is 0.235. The molecule has 1 aromatic rings. The van der Waals surface area contributed by atoms with Gasteiger partial charge in [0.05, 0.1) is 6.61 Å². The minimum Gasteiger partial charge on any atom is -0.463 e. The van der Waals surface area contributed by atoms with Gasteiger partial charge in [-0.1, -0.05) is 36.4 Å². The van der Waals surface area contributed by atoms with Gasteiger partial charge in [0, 0.05) is 6.08 Å². The van der Waals surface area contributed by atoms with Crippen LogP contribution in [0.25, 0.3) is 17.2 Å². The quantitative estimate of drug-likeness (QED) is 0.579. The molecule has 0 atom stereocenters. The third-order valence-electron chi connectivity index (χ3n) is 2.69. The maximum atomic E-state index is 11.4. The first-order valence-electron chi connectivity index (χ1n) is 6.26. The molecule has 0 spiro atoms. The molecule has 0 amide bonds. The number of carbonyl (C=O) groups is 1. The van der Waals surface area contributed by atoms with E-state index in [9.17, 15) is 4.79 Å². The lowest BCUT2D eigenvalue weighted by Crippen LogP contribution is -1.99. The molecule has 0 unspecified atom stereocenters. The molecule has 0 aromatic heterocycles. The second-order valence-corrected chi connectivity index (χ2v) is 4.45. The summed E-state index contributed by atoms with van der Waals surface area (Å²) in [5.74, 6) is -0.337. The number of allylic oxidation sites excluding steroid dienone is 2. The first-order chi connectivity index (χ1) is 8.95. The minimum absolute atomic E-state index is 0.337. The van der Waals surface area contributed by atoms with Gasteiger partial charge in [0.25, 0.3) is 0 Å². The molecule has 0 aliphatic heterocycles. The Labute approximate surface area is 115 Å². The first kappa shape index (κ1) is 15.0. The van der Waals surface area contributed by atoms with Crippen molar-refractivity contribution in [1.29, 1.82) is 0 Å². The molecule has 19 heavy (non-hydrogen) atoms. The third kappa shape index (κ3) is 4.25. The summed E-state index contributed by atoms with van der Waals surface area (Å²) in [6, 6.07) is 6.01. The van der Waals surface area contributed by atoms with Gasteiger partial charge in [0.15, 0.2) is 0 Å². The van der Waals surface area contributed by atoms with Gasteiger partial charge in [-0.3, -0.25) is 0 Å². The van der Waals surface area contributed by atoms with E-state index in [1.165, 1.54) is 6.08 Å². The highest BCUT2D eigenvalue weighted by Crippen LogP contribution is 2.23. The topological polar surface area (TPSA) is 26.3 Å². The zero-order valence-corrected chi connectivity index (χ0v) is 11.8. The smallest absolute Gasteiger partial charge is 0.330 e. The number of hydrogen-bond donors (Lipinski definition) is 0. The van der Waals surface area contributed by atoms with Crippen LogP contribution in [0.15, 0.2) is 37.4 Å². The number of carbonyl (C=O) groups excluding carboxylic acids is 1. The van der Waals surface area contributed by atoms with Crippen molar-refractivity contribution in [3.63, 3.8) is 0 Å². The number of hydrogen-bond acceptors (Lipinski definition) is 2. The highest BCUT2D eigenvalue weighted by Gasteiger charge is 2.04. The van der Waals surface area contributed by atoms with E-state index in [0.29, 0.717) is 6.61 Å². The van der Waals surface area contributed by atoms with Crippen molar-refractivity contribution < 1.29 is 9.53 Å². The van der Waals surface area contributed by atoms with Crippen LogP contribution in [0.5, 0.6) is 0 Å². The summed E-state index contributed by atoms with van der Waals surface area (Å²) in [5, 5.41) is 0. The molecule has 0 N–H and O–H groups in total. The summed E-state index contributed by atoms with van der Waals surface area (Å²) < 4.78 is 4.88. The number of benzene rings is 1. The van der Waals surface area contributed by atoms with E-state index in [4.69, 9.17) is 4.74 Å². The SMILES string of the molecule is C=C(C)c1ccc(C(=C)C)c(/C=C/C(=O)OCC)c1. The Balaban J connectivity index is 3.14. The Morgan fingerprint density at radius 1 is 1.26 bits per heavy atom. The van der Waals surface area contributed by atoms with Gasteiger partial charge in [0.1, 0.15) is 0 Å². The number of esters is 1. The Kier molecular flexibility index (Phi) is 5.31. The minimum atomic E-state index is -0.337. The van der Waals surface area contributed by atoms with Crippen molar-refractivity contribution in [2.75, 3.05) is 6.61 Å². The molecule has 0 saturated heterocycles. The molecule has 0 fully saturated rings. The van der Waals surface area contributed by atoms with Crippen molar-refractivity contribution in [2.24, 2.45) is 0 Å². The van der Waals surface area contributed by atoms with Crippen LogP contribution in [0.3, 0.4) is 0 Å². The number of ether oxygens (including phenoxy) is 1. The molecular formula is C17H20O2. The van der Waals surface area contributed by atoms with E-state index in [1.807, 2.05) is 32.0 Å². The highest BCUT2D eigenvalue weighted by molar-refractivity contribution is 5.88. The van der Waals surface area contributed by atoms with Gasteiger partial charge in [-0.15, -0.1) is 0 Å². The Morgan fingerprint density at radius 2 is 1.95 bits per heavy atom. The molecule has 1 rings (SSSR count). The zero-order valence-electron chi connectivity index (χ0n) is 11.8. The summed E-state index contributed by atoms with van der Waals surface area (Å²) in [5.41, 5.74) is 4.95. The lowest BCUT2D eigenvalue weighted by molar-refractivity contribution is -0.137. The van der Waals surface area contributed by atoms with Gasteiger partial charge in [-0.25, -0.2) is 4.79 Å². The van der Waals surface area contributed by atoms with Crippen LogP contribution in [0, 0.1) is 0 Å². The molecule has 2 nitrogen and oxygen atoms in total. The first-order valence-corrected chi connectivity index (χ1v) is 6.26. The van der Waals surface area contributed by atoms with E-state index in [2.05, 4.69) is 13.2 Å². The van der Waals surface area contributed by atoms with Crippen LogP contribution in [0.2, 0.25) is 0 Å². The molecule has 0 aliphatic carbocycles. The summed E-state index contributed by atoms with van der Waals surface area (Å²) in [6.07, 6.45) is 3.20. The molecule has 2 heteroatoms. The molecule has 0 bridgehead atoms. The summed E-state index contributed by atoms with van der Waals surface area (Å²) >= 11 is 0. The van der Waals surface area contributed by atoms with E-state index in [1.54, 1.807) is 13.0 Å². The fourth-order valence-corrected chi connectivity index (χ4v) is 1.70. The Bertz CT molecular complexity index is 536. The fourth-order valence-electron chi connectivity index (χ4n) is 1.70. The summed E-state index contributed by atoms with van der Waals surface area (Å²) in [4.78, 5) is 11.4. The van der Waals surface area contributed by atoms with Crippen LogP contribution >= 0.6 is 0 Å².